The van der Waals surface area contributed by atoms with E-state index < -0.39 is 11.9 Å². The van der Waals surface area contributed by atoms with Crippen molar-refractivity contribution in [3.8, 4) is 0 Å². The van der Waals surface area contributed by atoms with E-state index in [1.165, 1.54) is 23.1 Å². The van der Waals surface area contributed by atoms with Crippen LogP contribution in [0.25, 0.3) is 11.3 Å². The second-order valence-electron chi connectivity index (χ2n) is 3.14. The van der Waals surface area contributed by atoms with E-state index in [-0.39, 0.29) is 11.3 Å². The van der Waals surface area contributed by atoms with Crippen molar-refractivity contribution in [3.05, 3.63) is 30.4 Å². The first-order chi connectivity index (χ1) is 7.57. The van der Waals surface area contributed by atoms with Gasteiger partial charge in [-0.15, -0.1) is 5.10 Å². The average molecular weight is 227 g/mol. The van der Waals surface area contributed by atoms with E-state index >= 15 is 0 Å². The highest BCUT2D eigenvalue weighted by molar-refractivity contribution is 5.62. The molecule has 0 radical (unpaired) electrons. The number of halogens is 3. The van der Waals surface area contributed by atoms with Crippen molar-refractivity contribution < 1.29 is 17.8 Å². The third-order valence-electron chi connectivity index (χ3n) is 2.15. The summed E-state index contributed by atoms with van der Waals surface area (Å²) in [5.74, 6) is 0. The van der Waals surface area contributed by atoms with Crippen LogP contribution in [-0.4, -0.2) is 14.5 Å². The van der Waals surface area contributed by atoms with Crippen LogP contribution in [0.4, 0.5) is 13.2 Å². The molecule has 3 aromatic heterocycles. The maximum Gasteiger partial charge on any atom is 0.480 e. The van der Waals surface area contributed by atoms with Gasteiger partial charge in [-0.3, -0.25) is 0 Å². The summed E-state index contributed by atoms with van der Waals surface area (Å²) in [6, 6.07) is 0.946. The SMILES string of the molecule is FC(F)(F)c1ccn2c3nccnc3[n-][n+]12. The molecule has 5 nitrogen and oxygen atoms in total. The van der Waals surface area contributed by atoms with Gasteiger partial charge in [0.1, 0.15) is 5.65 Å². The van der Waals surface area contributed by atoms with Gasteiger partial charge in [0.15, 0.2) is 5.65 Å². The lowest BCUT2D eigenvalue weighted by Crippen LogP contribution is -2.37. The fourth-order valence-corrected chi connectivity index (χ4v) is 1.50. The van der Waals surface area contributed by atoms with Crippen molar-refractivity contribution in [3.63, 3.8) is 0 Å². The van der Waals surface area contributed by atoms with E-state index in [1.54, 1.807) is 0 Å². The average Bonchev–Trinajstić information content (AvgIpc) is 2.73. The first-order valence-electron chi connectivity index (χ1n) is 4.31. The molecule has 0 atom stereocenters. The smallest absolute Gasteiger partial charge is 0.361 e. The highest BCUT2D eigenvalue weighted by Gasteiger charge is 2.41. The number of aromatic nitrogens is 5. The van der Waals surface area contributed by atoms with Gasteiger partial charge in [0.2, 0.25) is 0 Å². The molecule has 0 saturated heterocycles. The summed E-state index contributed by atoms with van der Waals surface area (Å²) in [6.45, 7) is 0. The number of hydrogen-bond donors (Lipinski definition) is 0. The van der Waals surface area contributed by atoms with Gasteiger partial charge in [0.25, 0.3) is 0 Å². The van der Waals surface area contributed by atoms with Gasteiger partial charge in [-0.25, -0.2) is 4.98 Å². The van der Waals surface area contributed by atoms with Gasteiger partial charge < -0.3 is 4.98 Å². The van der Waals surface area contributed by atoms with Crippen LogP contribution in [0.5, 0.6) is 0 Å². The minimum Gasteiger partial charge on any atom is -0.361 e. The molecule has 0 unspecified atom stereocenters. The van der Waals surface area contributed by atoms with Crippen LogP contribution in [0.2, 0.25) is 0 Å². The summed E-state index contributed by atoms with van der Waals surface area (Å²) >= 11 is 0. The Morgan fingerprint density at radius 1 is 1.25 bits per heavy atom. The molecule has 3 heterocycles. The molecule has 0 aromatic carbocycles. The summed E-state index contributed by atoms with van der Waals surface area (Å²) in [5, 5.41) is 3.73. The topological polar surface area (TPSA) is 48.4 Å². The number of hydrogen-bond acceptors (Lipinski definition) is 2. The number of nitrogens with zero attached hydrogens (tertiary/aromatic N) is 5. The largest absolute Gasteiger partial charge is 0.480 e. The molecule has 0 aliphatic heterocycles. The van der Waals surface area contributed by atoms with Crippen molar-refractivity contribution >= 4 is 11.3 Å². The van der Waals surface area contributed by atoms with E-state index in [4.69, 9.17) is 0 Å². The minimum atomic E-state index is -4.45. The maximum absolute atomic E-state index is 12.6. The number of rotatable bonds is 0. The summed E-state index contributed by atoms with van der Waals surface area (Å²) < 4.78 is 39.6. The first-order valence-corrected chi connectivity index (χ1v) is 4.31. The van der Waals surface area contributed by atoms with E-state index in [1.807, 2.05) is 0 Å². The number of alkyl halides is 3. The van der Waals surface area contributed by atoms with E-state index in [9.17, 15) is 13.2 Å². The third kappa shape index (κ3) is 1.09. The van der Waals surface area contributed by atoms with Crippen molar-refractivity contribution in [1.29, 1.82) is 0 Å². The van der Waals surface area contributed by atoms with Crippen LogP contribution in [0.3, 0.4) is 0 Å². The molecule has 0 fully saturated rings. The molecule has 82 valence electrons. The van der Waals surface area contributed by atoms with Crippen LogP contribution >= 0.6 is 0 Å². The fourth-order valence-electron chi connectivity index (χ4n) is 1.50. The minimum absolute atomic E-state index is 0.175. The highest BCUT2D eigenvalue weighted by Crippen LogP contribution is 2.26. The molecular weight excluding hydrogens is 223 g/mol. The predicted molar refractivity (Wildman–Crippen MR) is 44.5 cm³/mol. The summed E-state index contributed by atoms with van der Waals surface area (Å²) in [6.07, 6.45) is -0.413. The normalized spacial score (nSPS) is 12.7. The summed E-state index contributed by atoms with van der Waals surface area (Å²) in [4.78, 5) is 7.75. The Bertz CT molecular complexity index is 665. The van der Waals surface area contributed by atoms with Crippen molar-refractivity contribution in [2.24, 2.45) is 0 Å². The monoisotopic (exact) mass is 227 g/mol. The third-order valence-corrected chi connectivity index (χ3v) is 2.15. The Hall–Kier alpha value is -2.12. The summed E-state index contributed by atoms with van der Waals surface area (Å²) in [7, 11) is 0. The maximum atomic E-state index is 12.6. The zero-order valence-electron chi connectivity index (χ0n) is 7.68. The molecule has 16 heavy (non-hydrogen) atoms. The predicted octanol–water partition coefficient (Wildman–Crippen LogP) is 0.444. The molecule has 8 heteroatoms. The van der Waals surface area contributed by atoms with Crippen LogP contribution in [0.15, 0.2) is 24.7 Å². The molecule has 0 amide bonds. The number of fused-ring (bicyclic) bond motifs is 3. The lowest BCUT2D eigenvalue weighted by molar-refractivity contribution is -0.692. The standard InChI is InChI=1S/C8H4F3N5/c9-8(10,11)5-1-4-15-7-6(14-16(5)15)12-2-3-13-7/h1-4H. The Labute approximate surface area is 86.1 Å². The quantitative estimate of drug-likeness (QED) is 0.524. The Morgan fingerprint density at radius 3 is 2.75 bits per heavy atom. The van der Waals surface area contributed by atoms with Crippen LogP contribution in [0.1, 0.15) is 5.69 Å². The highest BCUT2D eigenvalue weighted by atomic mass is 19.4. The van der Waals surface area contributed by atoms with Crippen LogP contribution in [-0.2, 0) is 6.18 Å². The van der Waals surface area contributed by atoms with Gasteiger partial charge in [0.05, 0.1) is 0 Å². The molecule has 0 N–H and O–H groups in total. The molecule has 0 aliphatic carbocycles. The summed E-state index contributed by atoms with van der Waals surface area (Å²) in [5.41, 5.74) is -0.390. The van der Waals surface area contributed by atoms with Crippen molar-refractivity contribution in [2.75, 3.05) is 0 Å². The second-order valence-corrected chi connectivity index (χ2v) is 3.14. The molecule has 3 rings (SSSR count). The fraction of sp³-hybridized carbons (Fsp3) is 0.125. The molecule has 0 bridgehead atoms. The second kappa shape index (κ2) is 2.71. The Morgan fingerprint density at radius 2 is 2.00 bits per heavy atom. The lowest BCUT2D eigenvalue weighted by atomic mass is 10.4. The molecule has 0 saturated carbocycles. The van der Waals surface area contributed by atoms with Gasteiger partial charge >= 0.3 is 11.9 Å². The van der Waals surface area contributed by atoms with Gasteiger partial charge in [-0.05, 0) is 6.20 Å². The first kappa shape index (κ1) is 9.13. The molecule has 3 aromatic rings. The lowest BCUT2D eigenvalue weighted by Gasteiger charge is -1.96. The molecule has 0 aliphatic rings. The van der Waals surface area contributed by atoms with Crippen LogP contribution < -0.4 is 9.73 Å². The van der Waals surface area contributed by atoms with E-state index in [2.05, 4.69) is 15.1 Å². The Balaban J connectivity index is 2.43. The van der Waals surface area contributed by atoms with Crippen molar-refractivity contribution in [2.45, 2.75) is 6.18 Å². The molecular formula is C8H4F3N5. The van der Waals surface area contributed by atoms with E-state index in [0.717, 1.165) is 10.7 Å². The van der Waals surface area contributed by atoms with Gasteiger partial charge in [-0.1, -0.05) is 4.63 Å². The zero-order valence-corrected chi connectivity index (χ0v) is 7.68. The van der Waals surface area contributed by atoms with Crippen molar-refractivity contribution in [1.82, 2.24) is 19.6 Å². The van der Waals surface area contributed by atoms with Gasteiger partial charge in [0, 0.05) is 18.5 Å². The zero-order chi connectivity index (χ0) is 11.3. The van der Waals surface area contributed by atoms with Crippen LogP contribution in [0, 0.1) is 0 Å². The van der Waals surface area contributed by atoms with Gasteiger partial charge in [-0.2, -0.15) is 17.7 Å². The Kier molecular flexibility index (Phi) is 1.55. The van der Waals surface area contributed by atoms with E-state index in [0.29, 0.717) is 0 Å². The molecule has 0 spiro atoms.